The zero-order chi connectivity index (χ0) is 14.1. The Bertz CT molecular complexity index is 394. The third-order valence-corrected chi connectivity index (χ3v) is 3.77. The molecule has 8 heteroatoms. The van der Waals surface area contributed by atoms with Crippen molar-refractivity contribution in [2.45, 2.75) is 42.7 Å². The summed E-state index contributed by atoms with van der Waals surface area (Å²) in [6.45, 7) is 2.20. The van der Waals surface area contributed by atoms with Gasteiger partial charge in [0.2, 0.25) is 9.93 Å². The van der Waals surface area contributed by atoms with E-state index in [1.54, 1.807) is 0 Å². The number of halogens is 2. The molecule has 0 aliphatic heterocycles. The van der Waals surface area contributed by atoms with E-state index in [4.69, 9.17) is 32.7 Å². The maximum Gasteiger partial charge on any atom is 0.351 e. The topological polar surface area (TPSA) is 89.9 Å². The van der Waals surface area contributed by atoms with E-state index in [1.807, 2.05) is 0 Å². The van der Waals surface area contributed by atoms with E-state index in [0.29, 0.717) is 0 Å². The van der Waals surface area contributed by atoms with Crippen LogP contribution < -0.4 is 0 Å². The minimum Gasteiger partial charge on any atom is -0.478 e. The lowest BCUT2D eigenvalue weighted by Gasteiger charge is -2.34. The maximum atomic E-state index is 11.3. The highest BCUT2D eigenvalue weighted by molar-refractivity contribution is 6.51. The van der Waals surface area contributed by atoms with E-state index >= 15 is 0 Å². The van der Waals surface area contributed by atoms with Crippen LogP contribution in [0.1, 0.15) is 26.7 Å². The molecule has 0 amide bonds. The van der Waals surface area contributed by atoms with Crippen LogP contribution in [0.15, 0.2) is 0 Å². The highest BCUT2D eigenvalue weighted by atomic mass is 35.5. The quantitative estimate of drug-likeness (QED) is 0.623. The zero-order valence-corrected chi connectivity index (χ0v) is 11.2. The Hall–Kier alpha value is -1.01. The fraction of sp³-hybridized carbons (Fsp3) is 0.700. The number of carboxylic acids is 1. The largest absolute Gasteiger partial charge is 0.478 e. The molecule has 18 heavy (non-hydrogen) atoms. The Morgan fingerprint density at radius 2 is 1.78 bits per heavy atom. The molecule has 1 aliphatic carbocycles. The van der Waals surface area contributed by atoms with Crippen molar-refractivity contribution in [1.82, 2.24) is 0 Å². The summed E-state index contributed by atoms with van der Waals surface area (Å²) in [4.78, 5) is 33.2. The molecule has 0 heterocycles. The third kappa shape index (κ3) is 2.40. The van der Waals surface area contributed by atoms with E-state index < -0.39 is 33.9 Å². The van der Waals surface area contributed by atoms with E-state index in [-0.39, 0.29) is 12.8 Å². The molecule has 6 nitrogen and oxygen atoms in total. The van der Waals surface area contributed by atoms with Crippen LogP contribution >= 0.6 is 23.2 Å². The highest BCUT2D eigenvalue weighted by Gasteiger charge is 2.68. The number of carbonyl (C=O) groups excluding carboxylic acids is 2. The minimum atomic E-state index is -2.11. The lowest BCUT2D eigenvalue weighted by atomic mass is 10.0. The molecule has 0 unspecified atom stereocenters. The summed E-state index contributed by atoms with van der Waals surface area (Å²) in [5, 5.41) is 9.21. The average molecular weight is 299 g/mol. The Morgan fingerprint density at radius 1 is 1.22 bits per heavy atom. The number of ether oxygens (including phenoxy) is 2. The fourth-order valence-corrected chi connectivity index (χ4v) is 2.67. The molecule has 1 aliphatic rings. The van der Waals surface area contributed by atoms with Crippen LogP contribution in [0.5, 0.6) is 0 Å². The molecule has 0 aromatic heterocycles. The Kier molecular flexibility index (Phi) is 4.12. The summed E-state index contributed by atoms with van der Waals surface area (Å²) in [6, 6.07) is 0. The second-order valence-electron chi connectivity index (χ2n) is 3.99. The molecule has 1 rings (SSSR count). The van der Waals surface area contributed by atoms with Crippen molar-refractivity contribution >= 4 is 41.1 Å². The Morgan fingerprint density at radius 3 is 2.17 bits per heavy atom. The van der Waals surface area contributed by atoms with Gasteiger partial charge < -0.3 is 14.6 Å². The van der Waals surface area contributed by atoms with Gasteiger partial charge in [0.1, 0.15) is 6.10 Å². The van der Waals surface area contributed by atoms with Crippen LogP contribution in [0, 0.1) is 0 Å². The van der Waals surface area contributed by atoms with Gasteiger partial charge in [-0.15, -0.1) is 0 Å². The zero-order valence-electron chi connectivity index (χ0n) is 9.74. The summed E-state index contributed by atoms with van der Waals surface area (Å²) in [6.07, 6.45) is -1.09. The molecule has 1 fully saturated rings. The molecule has 1 saturated carbocycles. The highest BCUT2D eigenvalue weighted by Crippen LogP contribution is 2.51. The van der Waals surface area contributed by atoms with E-state index in [1.165, 1.54) is 0 Å². The summed E-state index contributed by atoms with van der Waals surface area (Å²) in [5.74, 6) is -2.95. The molecule has 0 spiro atoms. The summed E-state index contributed by atoms with van der Waals surface area (Å²) in [5.41, 5.74) is -2.11. The predicted octanol–water partition coefficient (Wildman–Crippen LogP) is 1.27. The summed E-state index contributed by atoms with van der Waals surface area (Å²) in [7, 11) is 0. The molecule has 102 valence electrons. The van der Waals surface area contributed by atoms with Crippen molar-refractivity contribution in [1.29, 1.82) is 0 Å². The second-order valence-corrected chi connectivity index (χ2v) is 5.37. The SMILES string of the molecule is CC(=O)O[C@H]1CC[C@@](OC(C)=O)(C(=O)O)C1(Cl)Cl. The molecule has 0 saturated heterocycles. The number of alkyl halides is 2. The average Bonchev–Trinajstić information content (AvgIpc) is 2.41. The maximum absolute atomic E-state index is 11.3. The predicted molar refractivity (Wildman–Crippen MR) is 61.4 cm³/mol. The van der Waals surface area contributed by atoms with Crippen LogP contribution in [0.2, 0.25) is 0 Å². The Labute approximate surface area is 113 Å². The number of rotatable bonds is 3. The number of hydrogen-bond donors (Lipinski definition) is 1. The van der Waals surface area contributed by atoms with Crippen molar-refractivity contribution in [3.8, 4) is 0 Å². The van der Waals surface area contributed by atoms with Crippen LogP contribution in [-0.4, -0.2) is 39.1 Å². The van der Waals surface area contributed by atoms with Crippen LogP contribution in [0.25, 0.3) is 0 Å². The fourth-order valence-electron chi connectivity index (χ4n) is 1.93. The first-order valence-electron chi connectivity index (χ1n) is 5.11. The van der Waals surface area contributed by atoms with Gasteiger partial charge in [0.25, 0.3) is 0 Å². The molecular formula is C10H12Cl2O6. The van der Waals surface area contributed by atoms with Crippen LogP contribution in [-0.2, 0) is 23.9 Å². The van der Waals surface area contributed by atoms with Gasteiger partial charge in [-0.25, -0.2) is 4.79 Å². The first kappa shape index (κ1) is 15.0. The van der Waals surface area contributed by atoms with Crippen LogP contribution in [0.4, 0.5) is 0 Å². The van der Waals surface area contributed by atoms with Crippen molar-refractivity contribution < 1.29 is 29.0 Å². The van der Waals surface area contributed by atoms with Gasteiger partial charge in [-0.3, -0.25) is 9.59 Å². The first-order chi connectivity index (χ1) is 8.13. The molecule has 1 N–H and O–H groups in total. The molecule has 0 aromatic rings. The number of esters is 2. The number of aliphatic carboxylic acids is 1. The van der Waals surface area contributed by atoms with Crippen molar-refractivity contribution in [3.63, 3.8) is 0 Å². The summed E-state index contributed by atoms with van der Waals surface area (Å²) >= 11 is 11.9. The number of carbonyl (C=O) groups is 3. The standard InChI is InChI=1S/C10H12Cl2O6/c1-5(13)17-7-3-4-9(8(15)16,10(7,11)12)18-6(2)14/h7H,3-4H2,1-2H3,(H,15,16)/t7-,9+/m0/s1. The van der Waals surface area contributed by atoms with Gasteiger partial charge in [0.05, 0.1) is 0 Å². The smallest absolute Gasteiger partial charge is 0.351 e. The molecular weight excluding hydrogens is 287 g/mol. The van der Waals surface area contributed by atoms with Gasteiger partial charge >= 0.3 is 17.9 Å². The summed E-state index contributed by atoms with van der Waals surface area (Å²) < 4.78 is 7.62. The molecule has 0 radical (unpaired) electrons. The van der Waals surface area contributed by atoms with Gasteiger partial charge in [0.15, 0.2) is 0 Å². The van der Waals surface area contributed by atoms with Crippen molar-refractivity contribution in [2.24, 2.45) is 0 Å². The molecule has 0 aromatic carbocycles. The monoisotopic (exact) mass is 298 g/mol. The lowest BCUT2D eigenvalue weighted by molar-refractivity contribution is -0.179. The Balaban J connectivity index is 3.10. The third-order valence-electron chi connectivity index (χ3n) is 2.67. The minimum absolute atomic E-state index is 0.0894. The van der Waals surface area contributed by atoms with E-state index in [0.717, 1.165) is 13.8 Å². The number of carboxylic acid groups (broad SMARTS) is 1. The molecule has 2 atom stereocenters. The van der Waals surface area contributed by atoms with Gasteiger partial charge in [-0.1, -0.05) is 23.2 Å². The molecule has 0 bridgehead atoms. The van der Waals surface area contributed by atoms with Gasteiger partial charge in [-0.2, -0.15) is 0 Å². The van der Waals surface area contributed by atoms with Crippen LogP contribution in [0.3, 0.4) is 0 Å². The normalized spacial score (nSPS) is 29.7. The van der Waals surface area contributed by atoms with E-state index in [9.17, 15) is 19.5 Å². The lowest BCUT2D eigenvalue weighted by Crippen LogP contribution is -2.56. The van der Waals surface area contributed by atoms with Gasteiger partial charge in [0, 0.05) is 20.3 Å². The van der Waals surface area contributed by atoms with E-state index in [2.05, 4.69) is 0 Å². The van der Waals surface area contributed by atoms with Gasteiger partial charge in [-0.05, 0) is 6.42 Å². The second kappa shape index (κ2) is 4.93. The van der Waals surface area contributed by atoms with Crippen molar-refractivity contribution in [3.05, 3.63) is 0 Å². The van der Waals surface area contributed by atoms with Crippen molar-refractivity contribution in [2.75, 3.05) is 0 Å². The number of hydrogen-bond acceptors (Lipinski definition) is 5. The first-order valence-corrected chi connectivity index (χ1v) is 5.87.